The van der Waals surface area contributed by atoms with Gasteiger partial charge in [0.1, 0.15) is 5.92 Å². The first-order chi connectivity index (χ1) is 9.29. The third-order valence-electron chi connectivity index (χ3n) is 4.09. The van der Waals surface area contributed by atoms with Gasteiger partial charge in [0.15, 0.2) is 0 Å². The highest BCUT2D eigenvalue weighted by Crippen LogP contribution is 2.44. The van der Waals surface area contributed by atoms with E-state index < -0.39 is 5.92 Å². The molecule has 1 aromatic carbocycles. The number of amides is 1. The molecule has 19 heavy (non-hydrogen) atoms. The summed E-state index contributed by atoms with van der Waals surface area (Å²) in [6.07, 6.45) is 4.90. The van der Waals surface area contributed by atoms with Crippen molar-refractivity contribution in [3.63, 3.8) is 0 Å². The molecule has 2 saturated carbocycles. The number of nitriles is 1. The van der Waals surface area contributed by atoms with Crippen molar-refractivity contribution in [2.45, 2.75) is 37.6 Å². The van der Waals surface area contributed by atoms with Crippen molar-refractivity contribution >= 4 is 5.91 Å². The lowest BCUT2D eigenvalue weighted by Gasteiger charge is -2.19. The molecule has 0 spiro atoms. The van der Waals surface area contributed by atoms with Gasteiger partial charge in [0, 0.05) is 6.04 Å². The van der Waals surface area contributed by atoms with Crippen molar-refractivity contribution in [1.82, 2.24) is 5.32 Å². The molecule has 1 aromatic rings. The topological polar surface area (TPSA) is 52.9 Å². The van der Waals surface area contributed by atoms with E-state index in [1.54, 1.807) is 0 Å². The van der Waals surface area contributed by atoms with Crippen LogP contribution in [0.3, 0.4) is 0 Å². The highest BCUT2D eigenvalue weighted by molar-refractivity contribution is 5.86. The first kappa shape index (κ1) is 12.2. The fraction of sp³-hybridized carbons (Fsp3) is 0.500. The Balaban J connectivity index is 1.69. The molecule has 0 radical (unpaired) electrons. The molecule has 2 aliphatic rings. The van der Waals surface area contributed by atoms with E-state index in [1.807, 2.05) is 30.3 Å². The highest BCUT2D eigenvalue weighted by atomic mass is 16.1. The number of hydrogen-bond acceptors (Lipinski definition) is 2. The van der Waals surface area contributed by atoms with Crippen LogP contribution >= 0.6 is 0 Å². The molecule has 98 valence electrons. The van der Waals surface area contributed by atoms with Crippen molar-refractivity contribution in [2.75, 3.05) is 0 Å². The summed E-state index contributed by atoms with van der Waals surface area (Å²) in [7, 11) is 0. The zero-order valence-electron chi connectivity index (χ0n) is 10.9. The van der Waals surface area contributed by atoms with E-state index in [-0.39, 0.29) is 5.91 Å². The van der Waals surface area contributed by atoms with Crippen molar-refractivity contribution in [3.8, 4) is 6.07 Å². The Hall–Kier alpha value is -1.82. The normalized spacial score (nSPS) is 19.8. The van der Waals surface area contributed by atoms with Gasteiger partial charge < -0.3 is 5.32 Å². The first-order valence-corrected chi connectivity index (χ1v) is 7.04. The van der Waals surface area contributed by atoms with E-state index in [1.165, 1.54) is 25.7 Å². The maximum absolute atomic E-state index is 12.3. The number of nitrogens with zero attached hydrogens (tertiary/aromatic N) is 1. The summed E-state index contributed by atoms with van der Waals surface area (Å²) in [5, 5.41) is 12.4. The fourth-order valence-electron chi connectivity index (χ4n) is 2.71. The van der Waals surface area contributed by atoms with Crippen LogP contribution in [0.2, 0.25) is 0 Å². The van der Waals surface area contributed by atoms with Crippen LogP contribution in [0, 0.1) is 23.2 Å². The van der Waals surface area contributed by atoms with Crippen molar-refractivity contribution in [1.29, 1.82) is 5.26 Å². The van der Waals surface area contributed by atoms with Gasteiger partial charge in [-0.1, -0.05) is 30.3 Å². The van der Waals surface area contributed by atoms with Gasteiger partial charge in [-0.15, -0.1) is 0 Å². The van der Waals surface area contributed by atoms with Crippen LogP contribution in [0.25, 0.3) is 0 Å². The van der Waals surface area contributed by atoms with E-state index in [0.29, 0.717) is 17.9 Å². The maximum atomic E-state index is 12.3. The molecule has 0 bridgehead atoms. The van der Waals surface area contributed by atoms with E-state index in [4.69, 9.17) is 0 Å². The molecule has 0 aromatic heterocycles. The summed E-state index contributed by atoms with van der Waals surface area (Å²) >= 11 is 0. The zero-order chi connectivity index (χ0) is 13.2. The van der Waals surface area contributed by atoms with Crippen LogP contribution in [0.1, 0.15) is 37.2 Å². The molecule has 1 N–H and O–H groups in total. The Morgan fingerprint density at radius 2 is 1.74 bits per heavy atom. The molecule has 2 aliphatic carbocycles. The average Bonchev–Trinajstić information content (AvgIpc) is 3.30. The number of carbonyl (C=O) groups is 1. The lowest BCUT2D eigenvalue weighted by molar-refractivity contribution is -0.122. The zero-order valence-corrected chi connectivity index (χ0v) is 10.9. The van der Waals surface area contributed by atoms with Gasteiger partial charge in [-0.2, -0.15) is 5.26 Å². The quantitative estimate of drug-likeness (QED) is 0.878. The Morgan fingerprint density at radius 3 is 2.21 bits per heavy atom. The van der Waals surface area contributed by atoms with Gasteiger partial charge in [-0.25, -0.2) is 0 Å². The molecule has 3 heteroatoms. The average molecular weight is 254 g/mol. The largest absolute Gasteiger partial charge is 0.351 e. The molecule has 2 fully saturated rings. The lowest BCUT2D eigenvalue weighted by atomic mass is 9.98. The van der Waals surface area contributed by atoms with Crippen molar-refractivity contribution in [2.24, 2.45) is 11.8 Å². The SMILES string of the molecule is N#CC(C(=O)NC(C1CC1)C1CC1)c1ccccc1. The van der Waals surface area contributed by atoms with E-state index in [2.05, 4.69) is 11.4 Å². The van der Waals surface area contributed by atoms with E-state index in [0.717, 1.165) is 5.56 Å². The van der Waals surface area contributed by atoms with Gasteiger partial charge >= 0.3 is 0 Å². The van der Waals surface area contributed by atoms with Crippen molar-refractivity contribution in [3.05, 3.63) is 35.9 Å². The summed E-state index contributed by atoms with van der Waals surface area (Å²) in [5.41, 5.74) is 0.785. The standard InChI is InChI=1S/C16H18N2O/c17-10-14(11-4-2-1-3-5-11)16(19)18-15(12-6-7-12)13-8-9-13/h1-5,12-15H,6-9H2,(H,18,19). The third kappa shape index (κ3) is 2.78. The van der Waals surface area contributed by atoms with Crippen LogP contribution in [0.5, 0.6) is 0 Å². The Labute approximate surface area is 113 Å². The Morgan fingerprint density at radius 1 is 1.16 bits per heavy atom. The van der Waals surface area contributed by atoms with Crippen LogP contribution < -0.4 is 5.32 Å². The van der Waals surface area contributed by atoms with E-state index >= 15 is 0 Å². The molecule has 3 rings (SSSR count). The minimum atomic E-state index is -0.679. The predicted octanol–water partition coefficient (Wildman–Crippen LogP) is 2.60. The predicted molar refractivity (Wildman–Crippen MR) is 72.2 cm³/mol. The fourth-order valence-corrected chi connectivity index (χ4v) is 2.71. The Bertz CT molecular complexity index is 485. The van der Waals surface area contributed by atoms with Gasteiger partial charge in [0.05, 0.1) is 6.07 Å². The molecule has 1 unspecified atom stereocenters. The van der Waals surface area contributed by atoms with Crippen LogP contribution in [-0.4, -0.2) is 11.9 Å². The highest BCUT2D eigenvalue weighted by Gasteiger charge is 2.42. The van der Waals surface area contributed by atoms with Crippen molar-refractivity contribution < 1.29 is 4.79 Å². The second-order valence-corrected chi connectivity index (χ2v) is 5.68. The minimum Gasteiger partial charge on any atom is -0.351 e. The summed E-state index contributed by atoms with van der Waals surface area (Å²) in [6, 6.07) is 11.8. The lowest BCUT2D eigenvalue weighted by Crippen LogP contribution is -2.40. The second-order valence-electron chi connectivity index (χ2n) is 5.68. The summed E-state index contributed by atoms with van der Waals surface area (Å²) < 4.78 is 0. The molecule has 1 amide bonds. The van der Waals surface area contributed by atoms with Gasteiger partial charge in [-0.05, 0) is 43.1 Å². The summed E-state index contributed by atoms with van der Waals surface area (Å²) in [6.45, 7) is 0. The maximum Gasteiger partial charge on any atom is 0.242 e. The van der Waals surface area contributed by atoms with Gasteiger partial charge in [0.2, 0.25) is 5.91 Å². The molecule has 0 aliphatic heterocycles. The molecule has 1 atom stereocenters. The third-order valence-corrected chi connectivity index (χ3v) is 4.09. The van der Waals surface area contributed by atoms with Crippen LogP contribution in [0.4, 0.5) is 0 Å². The molecule has 0 heterocycles. The van der Waals surface area contributed by atoms with Gasteiger partial charge in [0.25, 0.3) is 0 Å². The minimum absolute atomic E-state index is 0.127. The second kappa shape index (κ2) is 5.05. The Kier molecular flexibility index (Phi) is 3.25. The summed E-state index contributed by atoms with van der Waals surface area (Å²) in [5.74, 6) is 0.511. The first-order valence-electron chi connectivity index (χ1n) is 7.04. The van der Waals surface area contributed by atoms with Crippen LogP contribution in [0.15, 0.2) is 30.3 Å². The van der Waals surface area contributed by atoms with E-state index in [9.17, 15) is 10.1 Å². The number of nitrogens with one attached hydrogen (secondary N) is 1. The number of benzene rings is 1. The molecular weight excluding hydrogens is 236 g/mol. The number of carbonyl (C=O) groups excluding carboxylic acids is 1. The van der Waals surface area contributed by atoms with Gasteiger partial charge in [-0.3, -0.25) is 4.79 Å². The monoisotopic (exact) mass is 254 g/mol. The van der Waals surface area contributed by atoms with Crippen LogP contribution in [-0.2, 0) is 4.79 Å². The molecule has 3 nitrogen and oxygen atoms in total. The smallest absolute Gasteiger partial charge is 0.242 e. The number of rotatable bonds is 5. The molecule has 0 saturated heterocycles. The number of hydrogen-bond donors (Lipinski definition) is 1. The summed E-state index contributed by atoms with van der Waals surface area (Å²) in [4.78, 5) is 12.3. The molecular formula is C16H18N2O.